The van der Waals surface area contributed by atoms with E-state index in [9.17, 15) is 4.79 Å². The summed E-state index contributed by atoms with van der Waals surface area (Å²) in [6, 6.07) is 24.1. The fraction of sp³-hybridized carbons (Fsp3) is 0.417. The number of nitrogens with one attached hydrogen (secondary N) is 1. The number of halogens is 1. The number of hydrogen-bond acceptors (Lipinski definition) is 4. The number of nitrogens with zero attached hydrogens (tertiary/aromatic N) is 2. The van der Waals surface area contributed by atoms with Crippen LogP contribution in [0.25, 0.3) is 11.1 Å². The van der Waals surface area contributed by atoms with E-state index in [0.29, 0.717) is 12.6 Å². The van der Waals surface area contributed by atoms with E-state index in [1.165, 1.54) is 11.1 Å². The number of thioether (sulfide) groups is 1. The zero-order chi connectivity index (χ0) is 30.4. The van der Waals surface area contributed by atoms with Crippen LogP contribution in [0, 0.1) is 6.92 Å². The van der Waals surface area contributed by atoms with Gasteiger partial charge in [0.1, 0.15) is 5.25 Å². The Morgan fingerprint density at radius 3 is 2.26 bits per heavy atom. The highest BCUT2D eigenvalue weighted by atomic mass is 35.5. The SMILES string of the molecule is C=C(C)N(C)c1ccc(-c2ccc(C)c(CN(C(=O)C3Sc4ccccc4C3Cl)C3CCC(NC)CC3)c2)cc1.CC. The van der Waals surface area contributed by atoms with E-state index >= 15 is 0 Å². The highest BCUT2D eigenvalue weighted by Gasteiger charge is 2.41. The third-order valence-corrected chi connectivity index (χ3v) is 10.6. The second-order valence-electron chi connectivity index (χ2n) is 11.2. The molecule has 1 fully saturated rings. The van der Waals surface area contributed by atoms with Gasteiger partial charge in [-0.1, -0.05) is 62.9 Å². The fourth-order valence-electron chi connectivity index (χ4n) is 5.88. The first-order chi connectivity index (χ1) is 20.3. The molecule has 0 radical (unpaired) electrons. The molecule has 2 aliphatic rings. The molecule has 2 unspecified atom stereocenters. The van der Waals surface area contributed by atoms with Crippen LogP contribution >= 0.6 is 23.4 Å². The van der Waals surface area contributed by atoms with Gasteiger partial charge in [-0.2, -0.15) is 0 Å². The molecule has 3 aromatic rings. The molecule has 1 aliphatic carbocycles. The standard InChI is InChI=1S/C34H40ClN3OS.C2H6/c1-22(2)37(5)28-16-12-24(13-17-28)25-11-10-23(3)26(20-25)21-38(29-18-14-27(36-4)15-19-29)34(39)33-32(35)30-8-6-7-9-31(30)40-33;1-2/h6-13,16-17,20,27,29,32-33,36H,1,14-15,18-19,21H2,2-5H3;1-2H3. The molecule has 42 heavy (non-hydrogen) atoms. The van der Waals surface area contributed by atoms with Crippen molar-refractivity contribution in [1.82, 2.24) is 10.2 Å². The smallest absolute Gasteiger partial charge is 0.238 e. The lowest BCUT2D eigenvalue weighted by atomic mass is 9.89. The number of fused-ring (bicyclic) bond motifs is 1. The Bertz CT molecular complexity index is 1370. The Hall–Kier alpha value is -2.73. The van der Waals surface area contributed by atoms with Gasteiger partial charge in [-0.3, -0.25) is 4.79 Å². The van der Waals surface area contributed by atoms with Crippen molar-refractivity contribution in [2.75, 3.05) is 19.0 Å². The maximum Gasteiger partial charge on any atom is 0.238 e. The van der Waals surface area contributed by atoms with E-state index in [-0.39, 0.29) is 22.6 Å². The lowest BCUT2D eigenvalue weighted by molar-refractivity contribution is -0.134. The first-order valence-corrected chi connectivity index (χ1v) is 16.5. The molecule has 0 aromatic heterocycles. The minimum absolute atomic E-state index is 0.158. The summed E-state index contributed by atoms with van der Waals surface area (Å²) in [6.07, 6.45) is 4.17. The van der Waals surface area contributed by atoms with Crippen LogP contribution < -0.4 is 10.2 Å². The van der Waals surface area contributed by atoms with Gasteiger partial charge in [-0.05, 0) is 98.7 Å². The van der Waals surface area contributed by atoms with E-state index in [1.807, 2.05) is 47.0 Å². The Kier molecular flexibility index (Phi) is 11.2. The third kappa shape index (κ3) is 7.07. The molecule has 4 nitrogen and oxygen atoms in total. The molecular formula is C36H46ClN3OS. The van der Waals surface area contributed by atoms with Gasteiger partial charge in [-0.15, -0.1) is 23.4 Å². The maximum absolute atomic E-state index is 14.3. The molecule has 0 bridgehead atoms. The Morgan fingerprint density at radius 1 is 1.00 bits per heavy atom. The summed E-state index contributed by atoms with van der Waals surface area (Å²) in [5, 5.41) is 2.82. The van der Waals surface area contributed by atoms with Crippen LogP contribution in [0.4, 0.5) is 5.69 Å². The predicted octanol–water partition coefficient (Wildman–Crippen LogP) is 8.97. The van der Waals surface area contributed by atoms with Crippen molar-refractivity contribution in [2.45, 2.75) is 87.5 Å². The first kappa shape index (κ1) is 32.2. The minimum atomic E-state index is -0.312. The molecule has 6 heteroatoms. The van der Waals surface area contributed by atoms with Gasteiger partial charge in [0.05, 0.1) is 5.38 Å². The van der Waals surface area contributed by atoms with Crippen molar-refractivity contribution in [3.05, 3.63) is 95.7 Å². The summed E-state index contributed by atoms with van der Waals surface area (Å²) < 4.78 is 0. The average molecular weight is 604 g/mol. The number of alkyl halides is 1. The molecular weight excluding hydrogens is 558 g/mol. The Balaban J connectivity index is 0.00000198. The van der Waals surface area contributed by atoms with E-state index in [2.05, 4.69) is 83.2 Å². The van der Waals surface area contributed by atoms with Crippen molar-refractivity contribution in [2.24, 2.45) is 0 Å². The summed E-state index contributed by atoms with van der Waals surface area (Å²) >= 11 is 8.56. The maximum atomic E-state index is 14.3. The van der Waals surface area contributed by atoms with Crippen molar-refractivity contribution >= 4 is 35.0 Å². The number of carbonyl (C=O) groups excluding carboxylic acids is 1. The molecule has 5 rings (SSSR count). The zero-order valence-electron chi connectivity index (χ0n) is 26.0. The molecule has 1 aliphatic heterocycles. The van der Waals surface area contributed by atoms with Crippen molar-refractivity contribution in [3.8, 4) is 11.1 Å². The molecule has 1 saturated carbocycles. The molecule has 1 amide bonds. The number of rotatable bonds is 8. The second kappa shape index (κ2) is 14.6. The summed E-state index contributed by atoms with van der Waals surface area (Å²) in [5.41, 5.74) is 7.91. The number of allylic oxidation sites excluding steroid dienone is 1. The molecule has 224 valence electrons. The molecule has 1 N–H and O–H groups in total. The predicted molar refractivity (Wildman–Crippen MR) is 182 cm³/mol. The topological polar surface area (TPSA) is 35.6 Å². The van der Waals surface area contributed by atoms with Gasteiger partial charge in [0, 0.05) is 42.0 Å². The molecule has 1 heterocycles. The quantitative estimate of drug-likeness (QED) is 0.261. The van der Waals surface area contributed by atoms with Crippen molar-refractivity contribution in [3.63, 3.8) is 0 Å². The normalized spacial score (nSPS) is 21.1. The number of hydrogen-bond donors (Lipinski definition) is 1. The van der Waals surface area contributed by atoms with Crippen LogP contribution in [0.3, 0.4) is 0 Å². The number of aryl methyl sites for hydroxylation is 1. The van der Waals surface area contributed by atoms with Gasteiger partial charge in [0.15, 0.2) is 0 Å². The number of anilines is 1. The number of carbonyl (C=O) groups is 1. The molecule has 0 spiro atoms. The second-order valence-corrected chi connectivity index (χ2v) is 12.9. The zero-order valence-corrected chi connectivity index (χ0v) is 27.6. The van der Waals surface area contributed by atoms with Gasteiger partial charge in [-0.25, -0.2) is 0 Å². The average Bonchev–Trinajstić information content (AvgIpc) is 3.37. The number of amides is 1. The minimum Gasteiger partial charge on any atom is -0.349 e. The Labute approximate surface area is 262 Å². The van der Waals surface area contributed by atoms with Gasteiger partial charge >= 0.3 is 0 Å². The van der Waals surface area contributed by atoms with E-state index in [1.54, 1.807) is 11.8 Å². The lowest BCUT2D eigenvalue weighted by Gasteiger charge is -2.38. The lowest BCUT2D eigenvalue weighted by Crippen LogP contribution is -2.47. The molecule has 3 aromatic carbocycles. The van der Waals surface area contributed by atoms with Gasteiger partial charge in [0.2, 0.25) is 5.91 Å². The van der Waals surface area contributed by atoms with Gasteiger partial charge < -0.3 is 15.1 Å². The summed E-state index contributed by atoms with van der Waals surface area (Å²) in [4.78, 5) is 19.7. The van der Waals surface area contributed by atoms with E-state index in [0.717, 1.165) is 58.7 Å². The molecule has 2 atom stereocenters. The van der Waals surface area contributed by atoms with Crippen LogP contribution in [0.15, 0.2) is 83.9 Å². The summed E-state index contributed by atoms with van der Waals surface area (Å²) in [6.45, 7) is 12.8. The largest absolute Gasteiger partial charge is 0.349 e. The van der Waals surface area contributed by atoms with Crippen LogP contribution in [0.5, 0.6) is 0 Å². The van der Waals surface area contributed by atoms with E-state index < -0.39 is 0 Å². The highest BCUT2D eigenvalue weighted by molar-refractivity contribution is 8.01. The highest BCUT2D eigenvalue weighted by Crippen LogP contribution is 2.48. The van der Waals surface area contributed by atoms with Crippen LogP contribution in [-0.4, -0.2) is 42.2 Å². The Morgan fingerprint density at radius 2 is 1.64 bits per heavy atom. The summed E-state index contributed by atoms with van der Waals surface area (Å²) in [7, 11) is 4.07. The first-order valence-electron chi connectivity index (χ1n) is 15.2. The fourth-order valence-corrected chi connectivity index (χ4v) is 7.66. The van der Waals surface area contributed by atoms with Gasteiger partial charge in [0.25, 0.3) is 0 Å². The van der Waals surface area contributed by atoms with Crippen molar-refractivity contribution in [1.29, 1.82) is 0 Å². The number of benzene rings is 3. The van der Waals surface area contributed by atoms with Crippen LogP contribution in [0.2, 0.25) is 0 Å². The third-order valence-electron chi connectivity index (χ3n) is 8.66. The van der Waals surface area contributed by atoms with Crippen LogP contribution in [0.1, 0.15) is 68.5 Å². The van der Waals surface area contributed by atoms with Crippen LogP contribution in [-0.2, 0) is 11.3 Å². The summed E-state index contributed by atoms with van der Waals surface area (Å²) in [5.74, 6) is 0.158. The van der Waals surface area contributed by atoms with E-state index in [4.69, 9.17) is 11.6 Å². The monoisotopic (exact) mass is 603 g/mol. The van der Waals surface area contributed by atoms with Crippen molar-refractivity contribution < 1.29 is 4.79 Å². The molecule has 0 saturated heterocycles.